The van der Waals surface area contributed by atoms with Gasteiger partial charge in [0.15, 0.2) is 5.03 Å². The third-order valence-electron chi connectivity index (χ3n) is 3.40. The number of rotatable bonds is 7. The van der Waals surface area contributed by atoms with Gasteiger partial charge in [0, 0.05) is 25.3 Å². The van der Waals surface area contributed by atoms with Crippen LogP contribution >= 0.6 is 0 Å². The Morgan fingerprint density at radius 1 is 1.53 bits per heavy atom. The summed E-state index contributed by atoms with van der Waals surface area (Å²) in [6, 6.07) is 0.142. The standard InChI is InChI=1S/C12H22N4O2S/c1-3-15-9-12(14-10(15)2)19(17,18)16(8-4-7-13)11-5-6-11/h9,11H,3-8,13H2,1-2H3. The molecule has 0 aliphatic heterocycles. The first-order valence-electron chi connectivity index (χ1n) is 6.76. The van der Waals surface area contributed by atoms with Crippen LogP contribution in [0.5, 0.6) is 0 Å². The summed E-state index contributed by atoms with van der Waals surface area (Å²) in [4.78, 5) is 4.19. The van der Waals surface area contributed by atoms with Gasteiger partial charge in [0.05, 0.1) is 0 Å². The van der Waals surface area contributed by atoms with E-state index < -0.39 is 10.0 Å². The van der Waals surface area contributed by atoms with E-state index in [4.69, 9.17) is 5.73 Å². The van der Waals surface area contributed by atoms with Crippen molar-refractivity contribution in [3.63, 3.8) is 0 Å². The minimum Gasteiger partial charge on any atom is -0.334 e. The maximum absolute atomic E-state index is 12.6. The molecule has 2 rings (SSSR count). The van der Waals surface area contributed by atoms with E-state index in [9.17, 15) is 8.42 Å². The van der Waals surface area contributed by atoms with Crippen molar-refractivity contribution in [3.05, 3.63) is 12.0 Å². The van der Waals surface area contributed by atoms with Crippen LogP contribution in [0.3, 0.4) is 0 Å². The number of nitrogens with two attached hydrogens (primary N) is 1. The van der Waals surface area contributed by atoms with E-state index in [-0.39, 0.29) is 11.1 Å². The van der Waals surface area contributed by atoms with Crippen LogP contribution in [-0.4, -0.2) is 41.4 Å². The highest BCUT2D eigenvalue weighted by molar-refractivity contribution is 7.89. The first-order chi connectivity index (χ1) is 9.00. The van der Waals surface area contributed by atoms with Crippen molar-refractivity contribution in [2.75, 3.05) is 13.1 Å². The average molecular weight is 286 g/mol. The fourth-order valence-corrected chi connectivity index (χ4v) is 3.87. The minimum absolute atomic E-state index is 0.142. The molecule has 0 atom stereocenters. The van der Waals surface area contributed by atoms with E-state index >= 15 is 0 Å². The molecule has 1 aliphatic carbocycles. The molecule has 0 spiro atoms. The van der Waals surface area contributed by atoms with Gasteiger partial charge in [0.1, 0.15) is 5.82 Å². The van der Waals surface area contributed by atoms with Crippen molar-refractivity contribution in [3.8, 4) is 0 Å². The van der Waals surface area contributed by atoms with Crippen LogP contribution in [0, 0.1) is 6.92 Å². The van der Waals surface area contributed by atoms with Crippen molar-refractivity contribution in [1.82, 2.24) is 13.9 Å². The van der Waals surface area contributed by atoms with E-state index in [1.54, 1.807) is 10.5 Å². The van der Waals surface area contributed by atoms with Gasteiger partial charge in [-0.15, -0.1) is 0 Å². The van der Waals surface area contributed by atoms with Crippen molar-refractivity contribution in [2.45, 2.75) is 50.7 Å². The second-order valence-corrected chi connectivity index (χ2v) is 6.74. The Morgan fingerprint density at radius 2 is 2.21 bits per heavy atom. The van der Waals surface area contributed by atoms with Gasteiger partial charge in [-0.3, -0.25) is 0 Å². The molecule has 0 unspecified atom stereocenters. The van der Waals surface area contributed by atoms with Crippen LogP contribution in [0.2, 0.25) is 0 Å². The number of nitrogens with zero attached hydrogens (tertiary/aromatic N) is 3. The molecule has 6 nitrogen and oxygen atoms in total. The van der Waals surface area contributed by atoms with Crippen LogP contribution in [-0.2, 0) is 16.6 Å². The fraction of sp³-hybridized carbons (Fsp3) is 0.750. The van der Waals surface area contributed by atoms with Gasteiger partial charge in [-0.2, -0.15) is 4.31 Å². The zero-order valence-corrected chi connectivity index (χ0v) is 12.4. The van der Waals surface area contributed by atoms with Gasteiger partial charge in [0.25, 0.3) is 10.0 Å². The van der Waals surface area contributed by atoms with Gasteiger partial charge in [-0.25, -0.2) is 13.4 Å². The summed E-state index contributed by atoms with van der Waals surface area (Å²) in [5.41, 5.74) is 5.49. The summed E-state index contributed by atoms with van der Waals surface area (Å²) in [5, 5.41) is 0.163. The maximum atomic E-state index is 12.6. The van der Waals surface area contributed by atoms with Gasteiger partial charge >= 0.3 is 0 Å². The molecule has 0 aromatic carbocycles. The lowest BCUT2D eigenvalue weighted by Gasteiger charge is -2.20. The third-order valence-corrected chi connectivity index (χ3v) is 5.23. The first kappa shape index (κ1) is 14.5. The molecule has 1 aromatic heterocycles. The zero-order valence-electron chi connectivity index (χ0n) is 11.5. The lowest BCUT2D eigenvalue weighted by atomic mass is 10.4. The second-order valence-electron chi connectivity index (χ2n) is 4.90. The van der Waals surface area contributed by atoms with E-state index in [0.29, 0.717) is 19.5 Å². The maximum Gasteiger partial charge on any atom is 0.262 e. The lowest BCUT2D eigenvalue weighted by molar-refractivity contribution is 0.398. The quantitative estimate of drug-likeness (QED) is 0.800. The molecule has 19 heavy (non-hydrogen) atoms. The number of sulfonamides is 1. The summed E-state index contributed by atoms with van der Waals surface area (Å²) in [6.45, 7) is 5.51. The van der Waals surface area contributed by atoms with Crippen LogP contribution in [0.25, 0.3) is 0 Å². The number of aryl methyl sites for hydroxylation is 2. The summed E-state index contributed by atoms with van der Waals surface area (Å²) in [7, 11) is -3.48. The number of imidazole rings is 1. The third kappa shape index (κ3) is 2.98. The molecule has 7 heteroatoms. The molecule has 1 fully saturated rings. The molecule has 1 heterocycles. The molecule has 1 aliphatic rings. The van der Waals surface area contributed by atoms with Crippen LogP contribution in [0.15, 0.2) is 11.2 Å². The van der Waals surface area contributed by atoms with Crippen LogP contribution in [0.1, 0.15) is 32.0 Å². The van der Waals surface area contributed by atoms with Gasteiger partial charge in [-0.1, -0.05) is 0 Å². The molecule has 108 valence electrons. The largest absolute Gasteiger partial charge is 0.334 e. The lowest BCUT2D eigenvalue weighted by Crippen LogP contribution is -2.35. The molecular formula is C12H22N4O2S. The molecular weight excluding hydrogens is 264 g/mol. The number of hydrogen-bond donors (Lipinski definition) is 1. The smallest absolute Gasteiger partial charge is 0.262 e. The highest BCUT2D eigenvalue weighted by Gasteiger charge is 2.38. The number of hydrogen-bond acceptors (Lipinski definition) is 4. The minimum atomic E-state index is -3.48. The normalized spacial score (nSPS) is 16.2. The molecule has 2 N–H and O–H groups in total. The second kappa shape index (κ2) is 5.60. The molecule has 0 amide bonds. The Hall–Kier alpha value is -0.920. The zero-order chi connectivity index (χ0) is 14.0. The monoisotopic (exact) mass is 286 g/mol. The SMILES string of the molecule is CCn1cc(S(=O)(=O)N(CCCN)C2CC2)nc1C. The predicted molar refractivity (Wildman–Crippen MR) is 73.2 cm³/mol. The highest BCUT2D eigenvalue weighted by Crippen LogP contribution is 2.31. The van der Waals surface area contributed by atoms with E-state index in [1.165, 1.54) is 0 Å². The Kier molecular flexibility index (Phi) is 4.27. The molecule has 1 aromatic rings. The van der Waals surface area contributed by atoms with E-state index in [0.717, 1.165) is 25.2 Å². The summed E-state index contributed by atoms with van der Waals surface area (Å²) in [6.07, 6.45) is 4.19. The van der Waals surface area contributed by atoms with Gasteiger partial charge in [-0.05, 0) is 39.7 Å². The Morgan fingerprint density at radius 3 is 2.68 bits per heavy atom. The molecule has 1 saturated carbocycles. The van der Waals surface area contributed by atoms with Gasteiger partial charge in [0.2, 0.25) is 0 Å². The Labute approximate surface area is 114 Å². The fourth-order valence-electron chi connectivity index (χ4n) is 2.15. The Bertz CT molecular complexity index is 534. The summed E-state index contributed by atoms with van der Waals surface area (Å²) < 4.78 is 28.6. The van der Waals surface area contributed by atoms with Crippen LogP contribution in [0.4, 0.5) is 0 Å². The van der Waals surface area contributed by atoms with Gasteiger partial charge < -0.3 is 10.3 Å². The molecule has 0 saturated heterocycles. The molecule has 0 bridgehead atoms. The van der Waals surface area contributed by atoms with E-state index in [1.807, 2.05) is 18.4 Å². The van der Waals surface area contributed by atoms with Crippen LogP contribution < -0.4 is 5.73 Å². The highest BCUT2D eigenvalue weighted by atomic mass is 32.2. The first-order valence-corrected chi connectivity index (χ1v) is 8.20. The number of aromatic nitrogens is 2. The average Bonchev–Trinajstić information content (AvgIpc) is 3.11. The summed E-state index contributed by atoms with van der Waals surface area (Å²) >= 11 is 0. The predicted octanol–water partition coefficient (Wildman–Crippen LogP) is 0.713. The van der Waals surface area contributed by atoms with Crippen molar-refractivity contribution >= 4 is 10.0 Å². The topological polar surface area (TPSA) is 81.2 Å². The van der Waals surface area contributed by atoms with Crippen molar-refractivity contribution < 1.29 is 8.42 Å². The molecule has 0 radical (unpaired) electrons. The van der Waals surface area contributed by atoms with E-state index in [2.05, 4.69) is 4.98 Å². The van der Waals surface area contributed by atoms with Crippen molar-refractivity contribution in [2.24, 2.45) is 5.73 Å². The van der Waals surface area contributed by atoms with Crippen molar-refractivity contribution in [1.29, 1.82) is 0 Å². The Balaban J connectivity index is 2.27. The summed E-state index contributed by atoms with van der Waals surface area (Å²) in [5.74, 6) is 0.732.